The molecule has 4 nitrogen and oxygen atoms in total. The third-order valence-electron chi connectivity index (χ3n) is 10.5. The van der Waals surface area contributed by atoms with Crippen molar-refractivity contribution in [3.8, 4) is 0 Å². The van der Waals surface area contributed by atoms with Crippen molar-refractivity contribution in [3.05, 3.63) is 60.8 Å². The summed E-state index contributed by atoms with van der Waals surface area (Å²) in [5.74, 6) is -0.0791. The number of nitrogens with one attached hydrogen (secondary N) is 1. The normalized spacial score (nSPS) is 13.5. The van der Waals surface area contributed by atoms with Gasteiger partial charge in [0, 0.05) is 6.42 Å². The van der Waals surface area contributed by atoms with Crippen molar-refractivity contribution in [1.82, 2.24) is 5.32 Å². The minimum Gasteiger partial charge on any atom is -0.394 e. The first-order valence-corrected chi connectivity index (χ1v) is 23.5. The van der Waals surface area contributed by atoms with Gasteiger partial charge in [0.2, 0.25) is 5.91 Å². The summed E-state index contributed by atoms with van der Waals surface area (Å²) in [6.45, 7) is 4.20. The monoisotopic (exact) mass is 754 g/mol. The van der Waals surface area contributed by atoms with Crippen LogP contribution in [0.25, 0.3) is 0 Å². The standard InChI is InChI=1S/C50H91NO3/c1-3-5-7-9-11-13-15-17-19-21-23-25-27-29-31-33-35-37-39-41-43-45-49(53)48(47-52)51-50(54)46-44-42-40-38-36-34-32-30-28-26-24-22-20-18-16-14-12-10-8-6-4-2/h6,8,12,14,27,29,35,37,43,45,48-49,52-53H,3-5,7,9-11,13,15-26,28,30-34,36,38-42,44,46-47H2,1-2H3,(H,51,54)/b8-6-,14-12-,29-27+,37-35+,45-43+. The number of amides is 1. The predicted molar refractivity (Wildman–Crippen MR) is 239 cm³/mol. The number of aliphatic hydroxyl groups excluding tert-OH is 2. The molecule has 0 heterocycles. The van der Waals surface area contributed by atoms with Gasteiger partial charge in [-0.15, -0.1) is 0 Å². The van der Waals surface area contributed by atoms with Crippen molar-refractivity contribution in [2.24, 2.45) is 0 Å². The van der Waals surface area contributed by atoms with Crippen LogP contribution in [0.3, 0.4) is 0 Å². The van der Waals surface area contributed by atoms with Crippen molar-refractivity contribution < 1.29 is 15.0 Å². The van der Waals surface area contributed by atoms with E-state index in [1.54, 1.807) is 6.08 Å². The summed E-state index contributed by atoms with van der Waals surface area (Å²) in [4.78, 5) is 12.4. The van der Waals surface area contributed by atoms with Gasteiger partial charge in [-0.2, -0.15) is 0 Å². The van der Waals surface area contributed by atoms with Gasteiger partial charge in [0.15, 0.2) is 0 Å². The zero-order valence-electron chi connectivity index (χ0n) is 36.0. The van der Waals surface area contributed by atoms with E-state index in [9.17, 15) is 15.0 Å². The second-order valence-electron chi connectivity index (χ2n) is 15.8. The molecule has 0 aliphatic heterocycles. The van der Waals surface area contributed by atoms with Gasteiger partial charge in [-0.05, 0) is 70.6 Å². The highest BCUT2D eigenvalue weighted by molar-refractivity contribution is 5.76. The van der Waals surface area contributed by atoms with Crippen molar-refractivity contribution in [3.63, 3.8) is 0 Å². The average Bonchev–Trinajstić information content (AvgIpc) is 3.18. The highest BCUT2D eigenvalue weighted by Crippen LogP contribution is 2.15. The largest absolute Gasteiger partial charge is 0.394 e. The van der Waals surface area contributed by atoms with Gasteiger partial charge in [-0.25, -0.2) is 0 Å². The van der Waals surface area contributed by atoms with Gasteiger partial charge in [0.25, 0.3) is 0 Å². The van der Waals surface area contributed by atoms with Crippen LogP contribution in [0.1, 0.15) is 232 Å². The van der Waals surface area contributed by atoms with Crippen molar-refractivity contribution >= 4 is 5.91 Å². The van der Waals surface area contributed by atoms with Crippen LogP contribution in [-0.4, -0.2) is 34.9 Å². The molecule has 0 spiro atoms. The lowest BCUT2D eigenvalue weighted by Gasteiger charge is -2.19. The van der Waals surface area contributed by atoms with E-state index in [0.29, 0.717) is 6.42 Å². The fourth-order valence-electron chi connectivity index (χ4n) is 6.90. The Morgan fingerprint density at radius 2 is 0.833 bits per heavy atom. The molecule has 3 N–H and O–H groups in total. The van der Waals surface area contributed by atoms with Gasteiger partial charge in [-0.1, -0.05) is 216 Å². The first-order chi connectivity index (χ1) is 26.7. The third-order valence-corrected chi connectivity index (χ3v) is 10.5. The van der Waals surface area contributed by atoms with E-state index in [4.69, 9.17) is 0 Å². The molecule has 0 aromatic heterocycles. The number of carbonyl (C=O) groups is 1. The number of unbranched alkanes of at least 4 members (excludes halogenated alkanes) is 27. The first-order valence-electron chi connectivity index (χ1n) is 23.5. The summed E-state index contributed by atoms with van der Waals surface area (Å²) in [7, 11) is 0. The molecule has 314 valence electrons. The van der Waals surface area contributed by atoms with Crippen LogP contribution >= 0.6 is 0 Å². The lowest BCUT2D eigenvalue weighted by atomic mass is 10.0. The third kappa shape index (κ3) is 41.3. The number of hydrogen-bond donors (Lipinski definition) is 3. The number of allylic oxidation sites excluding steroid dienone is 9. The Labute approximate surface area is 336 Å². The maximum atomic E-state index is 12.4. The Balaban J connectivity index is 3.61. The number of hydrogen-bond acceptors (Lipinski definition) is 3. The quantitative estimate of drug-likeness (QED) is 0.0429. The van der Waals surface area contributed by atoms with Crippen LogP contribution < -0.4 is 5.32 Å². The summed E-state index contributed by atoms with van der Waals surface area (Å²) in [6, 6.07) is -0.647. The van der Waals surface area contributed by atoms with E-state index >= 15 is 0 Å². The van der Waals surface area contributed by atoms with Crippen molar-refractivity contribution in [2.45, 2.75) is 244 Å². The molecular formula is C50H91NO3. The lowest BCUT2D eigenvalue weighted by Crippen LogP contribution is -2.45. The van der Waals surface area contributed by atoms with Crippen molar-refractivity contribution in [1.29, 1.82) is 0 Å². The van der Waals surface area contributed by atoms with Crippen LogP contribution in [0, 0.1) is 0 Å². The van der Waals surface area contributed by atoms with Gasteiger partial charge in [0.05, 0.1) is 18.8 Å². The van der Waals surface area contributed by atoms with Crippen LogP contribution in [0.4, 0.5) is 0 Å². The summed E-state index contributed by atoms with van der Waals surface area (Å²) in [6.07, 6.45) is 63.4. The molecule has 0 aromatic carbocycles. The van der Waals surface area contributed by atoms with Gasteiger partial charge in [0.1, 0.15) is 0 Å². The molecule has 54 heavy (non-hydrogen) atoms. The average molecular weight is 754 g/mol. The second kappa shape index (κ2) is 45.5. The van der Waals surface area contributed by atoms with Crippen molar-refractivity contribution in [2.75, 3.05) is 6.61 Å². The maximum Gasteiger partial charge on any atom is 0.220 e. The van der Waals surface area contributed by atoms with Crippen LogP contribution in [0.5, 0.6) is 0 Å². The summed E-state index contributed by atoms with van der Waals surface area (Å²) in [5.41, 5.74) is 0. The fraction of sp³-hybridized carbons (Fsp3) is 0.780. The smallest absolute Gasteiger partial charge is 0.220 e. The number of carbonyl (C=O) groups excluding carboxylic acids is 1. The minimum absolute atomic E-state index is 0.0791. The van der Waals surface area contributed by atoms with Gasteiger partial charge >= 0.3 is 0 Å². The summed E-state index contributed by atoms with van der Waals surface area (Å²) >= 11 is 0. The molecule has 0 aromatic rings. The first kappa shape index (κ1) is 52.1. The molecule has 0 saturated heterocycles. The molecule has 0 rings (SSSR count). The predicted octanol–water partition coefficient (Wildman–Crippen LogP) is 14.9. The highest BCUT2D eigenvalue weighted by Gasteiger charge is 2.17. The Morgan fingerprint density at radius 1 is 0.463 bits per heavy atom. The molecular weight excluding hydrogens is 663 g/mol. The summed E-state index contributed by atoms with van der Waals surface area (Å²) < 4.78 is 0. The molecule has 2 atom stereocenters. The van der Waals surface area contributed by atoms with E-state index in [1.165, 1.54) is 161 Å². The topological polar surface area (TPSA) is 69.6 Å². The zero-order chi connectivity index (χ0) is 39.3. The van der Waals surface area contributed by atoms with Gasteiger partial charge in [-0.3, -0.25) is 4.79 Å². The van der Waals surface area contributed by atoms with Gasteiger partial charge < -0.3 is 15.5 Å². The molecule has 2 unspecified atom stereocenters. The molecule has 1 amide bonds. The molecule has 0 fully saturated rings. The maximum absolute atomic E-state index is 12.4. The Hall–Kier alpha value is -1.91. The second-order valence-corrected chi connectivity index (χ2v) is 15.8. The van der Waals surface area contributed by atoms with E-state index in [0.717, 1.165) is 51.4 Å². The SMILES string of the molecule is CC/C=C\C/C=C\CCCCCCCCCCCCCCCCC(=O)NC(CO)C(O)/C=C/CC/C=C/CC/C=C/CCCCCCCCCCCCC. The lowest BCUT2D eigenvalue weighted by molar-refractivity contribution is -0.123. The number of aliphatic hydroxyl groups is 2. The fourth-order valence-corrected chi connectivity index (χ4v) is 6.90. The van der Waals surface area contributed by atoms with E-state index in [2.05, 4.69) is 67.8 Å². The van der Waals surface area contributed by atoms with Crippen LogP contribution in [0.2, 0.25) is 0 Å². The molecule has 4 heteroatoms. The zero-order valence-corrected chi connectivity index (χ0v) is 36.0. The Kier molecular flexibility index (Phi) is 43.9. The Bertz CT molecular complexity index is 904. The molecule has 0 bridgehead atoms. The van der Waals surface area contributed by atoms with E-state index in [1.807, 2.05) is 6.08 Å². The molecule has 0 saturated carbocycles. The number of rotatable bonds is 42. The van der Waals surface area contributed by atoms with Crippen LogP contribution in [0.15, 0.2) is 60.8 Å². The highest BCUT2D eigenvalue weighted by atomic mass is 16.3. The molecule has 0 radical (unpaired) electrons. The Morgan fingerprint density at radius 3 is 1.28 bits per heavy atom. The summed E-state index contributed by atoms with van der Waals surface area (Å²) in [5, 5.41) is 23.0. The molecule has 0 aliphatic carbocycles. The minimum atomic E-state index is -0.871. The van der Waals surface area contributed by atoms with E-state index in [-0.39, 0.29) is 12.5 Å². The molecule has 0 aliphatic rings. The van der Waals surface area contributed by atoms with E-state index < -0.39 is 12.1 Å². The van der Waals surface area contributed by atoms with Crippen LogP contribution in [-0.2, 0) is 4.79 Å².